The lowest BCUT2D eigenvalue weighted by molar-refractivity contribution is -0.149. The zero-order valence-electron chi connectivity index (χ0n) is 16.3. The Hall–Kier alpha value is -2.87. The van der Waals surface area contributed by atoms with E-state index in [-0.39, 0.29) is 23.9 Å². The van der Waals surface area contributed by atoms with Crippen molar-refractivity contribution in [2.45, 2.75) is 33.6 Å². The van der Waals surface area contributed by atoms with Gasteiger partial charge in [-0.2, -0.15) is 0 Å². The molecule has 1 atom stereocenters. The summed E-state index contributed by atoms with van der Waals surface area (Å²) < 4.78 is 19.0. The number of Topliss-reactive ketones (excluding diaryl/α,β-unsaturated/α-hetero) is 1. The third kappa shape index (κ3) is 3.48. The molecular formula is C20H19ClFN3O4. The van der Waals surface area contributed by atoms with Crippen LogP contribution in [-0.4, -0.2) is 34.2 Å². The number of anilines is 2. The minimum Gasteiger partial charge on any atom is -0.465 e. The molecule has 3 rings (SSSR count). The van der Waals surface area contributed by atoms with Crippen LogP contribution in [0.1, 0.15) is 48.3 Å². The smallest absolute Gasteiger partial charge is 0.326 e. The van der Waals surface area contributed by atoms with Gasteiger partial charge in [0.1, 0.15) is 0 Å². The van der Waals surface area contributed by atoms with Gasteiger partial charge in [0.25, 0.3) is 5.91 Å². The van der Waals surface area contributed by atoms with Crippen molar-refractivity contribution in [1.82, 2.24) is 9.97 Å². The van der Waals surface area contributed by atoms with Gasteiger partial charge in [0.2, 0.25) is 0 Å². The van der Waals surface area contributed by atoms with Crippen molar-refractivity contribution >= 4 is 40.8 Å². The molecule has 0 saturated carbocycles. The summed E-state index contributed by atoms with van der Waals surface area (Å²) in [5.74, 6) is -5.63. The Morgan fingerprint density at radius 3 is 2.69 bits per heavy atom. The van der Waals surface area contributed by atoms with Crippen LogP contribution in [0.25, 0.3) is 0 Å². The van der Waals surface area contributed by atoms with Crippen LogP contribution in [0.3, 0.4) is 0 Å². The van der Waals surface area contributed by atoms with Crippen molar-refractivity contribution in [2.75, 3.05) is 11.5 Å². The summed E-state index contributed by atoms with van der Waals surface area (Å²) in [5.41, 5.74) is 1.39. The van der Waals surface area contributed by atoms with E-state index in [1.807, 2.05) is 13.8 Å². The Morgan fingerprint density at radius 2 is 2.07 bits per heavy atom. The van der Waals surface area contributed by atoms with Crippen LogP contribution in [0.4, 0.5) is 15.9 Å². The molecule has 0 saturated heterocycles. The second-order valence-corrected chi connectivity index (χ2v) is 7.23. The van der Waals surface area contributed by atoms with E-state index in [0.717, 1.165) is 11.0 Å². The van der Waals surface area contributed by atoms with Crippen LogP contribution in [0.15, 0.2) is 18.3 Å². The molecule has 0 spiro atoms. The number of carbonyl (C=O) groups is 3. The summed E-state index contributed by atoms with van der Waals surface area (Å²) >= 11 is 5.84. The first-order valence-electron chi connectivity index (χ1n) is 9.05. The molecule has 3 heterocycles. The molecule has 1 aliphatic rings. The minimum atomic E-state index is -1.76. The molecule has 0 aromatic carbocycles. The van der Waals surface area contributed by atoms with E-state index in [0.29, 0.717) is 16.9 Å². The summed E-state index contributed by atoms with van der Waals surface area (Å²) in [5, 5.41) is -0.489. The fourth-order valence-corrected chi connectivity index (χ4v) is 3.38. The fourth-order valence-electron chi connectivity index (χ4n) is 3.24. The Balaban J connectivity index is 2.33. The highest BCUT2D eigenvalue weighted by molar-refractivity contribution is 6.33. The van der Waals surface area contributed by atoms with Gasteiger partial charge in [0.15, 0.2) is 28.5 Å². The van der Waals surface area contributed by atoms with Crippen LogP contribution < -0.4 is 4.90 Å². The molecule has 29 heavy (non-hydrogen) atoms. The molecule has 152 valence electrons. The van der Waals surface area contributed by atoms with Crippen molar-refractivity contribution in [3.05, 3.63) is 46.1 Å². The Kier molecular flexibility index (Phi) is 5.66. The van der Waals surface area contributed by atoms with E-state index in [9.17, 15) is 18.8 Å². The highest BCUT2D eigenvalue weighted by Gasteiger charge is 2.47. The van der Waals surface area contributed by atoms with E-state index in [1.54, 1.807) is 26.1 Å². The number of carbonyl (C=O) groups excluding carboxylic acids is 3. The zero-order valence-corrected chi connectivity index (χ0v) is 17.1. The summed E-state index contributed by atoms with van der Waals surface area (Å²) in [4.78, 5) is 48.1. The topological polar surface area (TPSA) is 89.5 Å². The number of pyridine rings is 2. The molecular weight excluding hydrogens is 401 g/mol. The molecule has 0 aliphatic carbocycles. The van der Waals surface area contributed by atoms with Crippen LogP contribution in [0, 0.1) is 18.7 Å². The number of aromatic nitrogens is 2. The highest BCUT2D eigenvalue weighted by Crippen LogP contribution is 2.41. The number of rotatable bonds is 4. The summed E-state index contributed by atoms with van der Waals surface area (Å²) in [6, 6.07) is 2.58. The Morgan fingerprint density at radius 1 is 1.38 bits per heavy atom. The van der Waals surface area contributed by atoms with Gasteiger partial charge in [-0.3, -0.25) is 24.3 Å². The van der Waals surface area contributed by atoms with Crippen LogP contribution in [-0.2, 0) is 14.3 Å². The normalized spacial score (nSPS) is 16.2. The maximum Gasteiger partial charge on any atom is 0.326 e. The van der Waals surface area contributed by atoms with Crippen molar-refractivity contribution < 1.29 is 23.5 Å². The lowest BCUT2D eigenvalue weighted by Crippen LogP contribution is -2.47. The quantitative estimate of drug-likeness (QED) is 0.426. The second-order valence-electron chi connectivity index (χ2n) is 6.87. The molecule has 0 radical (unpaired) electrons. The fraction of sp³-hybridized carbons (Fsp3) is 0.350. The number of aryl methyl sites for hydroxylation is 1. The van der Waals surface area contributed by atoms with Crippen LogP contribution >= 0.6 is 11.6 Å². The van der Waals surface area contributed by atoms with E-state index in [4.69, 9.17) is 16.3 Å². The number of ether oxygens (including phenoxy) is 1. The maximum atomic E-state index is 14.1. The predicted molar refractivity (Wildman–Crippen MR) is 104 cm³/mol. The number of nitrogens with zero attached hydrogens (tertiary/aromatic N) is 3. The summed E-state index contributed by atoms with van der Waals surface area (Å²) in [6.07, 6.45) is 1.60. The zero-order chi connectivity index (χ0) is 21.5. The van der Waals surface area contributed by atoms with Crippen molar-refractivity contribution in [1.29, 1.82) is 0 Å². The van der Waals surface area contributed by atoms with Crippen LogP contribution in [0.2, 0.25) is 5.15 Å². The van der Waals surface area contributed by atoms with Crippen molar-refractivity contribution in [3.63, 3.8) is 0 Å². The van der Waals surface area contributed by atoms with E-state index < -0.39 is 34.5 Å². The summed E-state index contributed by atoms with van der Waals surface area (Å²) in [7, 11) is 0. The third-order valence-corrected chi connectivity index (χ3v) is 4.83. The molecule has 9 heteroatoms. The van der Waals surface area contributed by atoms with E-state index >= 15 is 0 Å². The molecule has 2 aromatic rings. The number of fused-ring (bicyclic) bond motifs is 1. The first-order chi connectivity index (χ1) is 13.7. The van der Waals surface area contributed by atoms with Gasteiger partial charge in [-0.05, 0) is 37.5 Å². The maximum absolute atomic E-state index is 14.1. The molecule has 1 unspecified atom stereocenters. The van der Waals surface area contributed by atoms with E-state index in [2.05, 4.69) is 9.97 Å². The number of hydrogen-bond donors (Lipinski definition) is 0. The average molecular weight is 420 g/mol. The largest absolute Gasteiger partial charge is 0.465 e. The first kappa shape index (κ1) is 20.9. The number of halogens is 2. The molecule has 1 aliphatic heterocycles. The molecule has 0 N–H and O–H groups in total. The van der Waals surface area contributed by atoms with Gasteiger partial charge >= 0.3 is 5.97 Å². The number of amides is 1. The predicted octanol–water partition coefficient (Wildman–Crippen LogP) is 3.74. The van der Waals surface area contributed by atoms with Crippen molar-refractivity contribution in [3.8, 4) is 0 Å². The molecule has 0 fully saturated rings. The van der Waals surface area contributed by atoms with Crippen LogP contribution in [0.5, 0.6) is 0 Å². The molecule has 1 amide bonds. The van der Waals surface area contributed by atoms with Gasteiger partial charge in [0.05, 0.1) is 23.6 Å². The lowest BCUT2D eigenvalue weighted by Gasteiger charge is -2.33. The first-order valence-corrected chi connectivity index (χ1v) is 9.43. The lowest BCUT2D eigenvalue weighted by atomic mass is 9.90. The monoisotopic (exact) mass is 419 g/mol. The van der Waals surface area contributed by atoms with E-state index in [1.165, 1.54) is 0 Å². The van der Waals surface area contributed by atoms with Gasteiger partial charge in [0, 0.05) is 6.20 Å². The minimum absolute atomic E-state index is 0.0147. The number of hydrogen-bond acceptors (Lipinski definition) is 6. The molecule has 2 aromatic heterocycles. The molecule has 0 bridgehead atoms. The number of ketones is 1. The molecule has 7 nitrogen and oxygen atoms in total. The average Bonchev–Trinajstić information content (AvgIpc) is 2.65. The van der Waals surface area contributed by atoms with Gasteiger partial charge in [-0.15, -0.1) is 0 Å². The Labute approximate surface area is 171 Å². The number of esters is 1. The highest BCUT2D eigenvalue weighted by atomic mass is 35.5. The summed E-state index contributed by atoms with van der Waals surface area (Å²) in [6.45, 7) is 7.08. The van der Waals surface area contributed by atoms with Gasteiger partial charge < -0.3 is 4.74 Å². The standard InChI is InChI=1S/C20H19ClFN3O4/c1-5-29-20(28)13-16(26)11-8-12(22)17(21)24-18(11)25(19(13)27)15-10(4)6-7-23-14(15)9(2)3/h6-9,13H,5H2,1-4H3. The third-order valence-electron chi connectivity index (χ3n) is 4.57. The van der Waals surface area contributed by atoms with Gasteiger partial charge in [-0.1, -0.05) is 25.4 Å². The SMILES string of the molecule is CCOC(=O)C1C(=O)c2cc(F)c(Cl)nc2N(c2c(C)ccnc2C(C)C)C1=O. The van der Waals surface area contributed by atoms with Crippen molar-refractivity contribution in [2.24, 2.45) is 5.92 Å². The Bertz CT molecular complexity index is 1030. The van der Waals surface area contributed by atoms with Gasteiger partial charge in [-0.25, -0.2) is 9.37 Å². The second kappa shape index (κ2) is 7.87.